The lowest BCUT2D eigenvalue weighted by Crippen LogP contribution is -2.29. The lowest BCUT2D eigenvalue weighted by atomic mass is 10.1. The smallest absolute Gasteiger partial charge is 0.273 e. The van der Waals surface area contributed by atoms with E-state index < -0.39 is 14.9 Å². The molecule has 1 aromatic carbocycles. The normalized spacial score (nSPS) is 13.1. The molecule has 0 spiro atoms. The van der Waals surface area contributed by atoms with Crippen molar-refractivity contribution < 1.29 is 13.3 Å². The first-order chi connectivity index (χ1) is 9.81. The number of sulfonamides is 1. The zero-order valence-corrected chi connectivity index (χ0v) is 13.2. The quantitative estimate of drug-likeness (QED) is 0.558. The van der Waals surface area contributed by atoms with Gasteiger partial charge in [0.25, 0.3) is 5.69 Å². The maximum absolute atomic E-state index is 11.7. The fourth-order valence-corrected chi connectivity index (χ4v) is 2.71. The van der Waals surface area contributed by atoms with Gasteiger partial charge in [-0.2, -0.15) is 0 Å². The van der Waals surface area contributed by atoms with Crippen molar-refractivity contribution in [3.8, 4) is 0 Å². The van der Waals surface area contributed by atoms with Crippen molar-refractivity contribution >= 4 is 15.7 Å². The molecule has 21 heavy (non-hydrogen) atoms. The molecule has 0 aromatic heterocycles. The van der Waals surface area contributed by atoms with Gasteiger partial charge in [-0.25, -0.2) is 13.1 Å². The third-order valence-corrected chi connectivity index (χ3v) is 4.51. The molecule has 7 nitrogen and oxygen atoms in total. The summed E-state index contributed by atoms with van der Waals surface area (Å²) in [4.78, 5) is 10.5. The monoisotopic (exact) mass is 315 g/mol. The van der Waals surface area contributed by atoms with Crippen LogP contribution in [0.3, 0.4) is 0 Å². The van der Waals surface area contributed by atoms with E-state index in [1.807, 2.05) is 13.8 Å². The highest BCUT2D eigenvalue weighted by molar-refractivity contribution is 7.89. The SMILES string of the molecule is CCCNC(C)Cc1ccc(S(=O)(=O)NC)cc1[N+](=O)[O-]. The first-order valence-electron chi connectivity index (χ1n) is 6.76. The van der Waals surface area contributed by atoms with Gasteiger partial charge in [0.2, 0.25) is 10.0 Å². The summed E-state index contributed by atoms with van der Waals surface area (Å²) in [5.41, 5.74) is 0.350. The summed E-state index contributed by atoms with van der Waals surface area (Å²) in [6, 6.07) is 4.08. The molecule has 118 valence electrons. The Labute approximate surface area is 124 Å². The van der Waals surface area contributed by atoms with Crippen molar-refractivity contribution in [1.29, 1.82) is 0 Å². The largest absolute Gasteiger partial charge is 0.314 e. The van der Waals surface area contributed by atoms with E-state index >= 15 is 0 Å². The number of nitrogens with one attached hydrogen (secondary N) is 2. The van der Waals surface area contributed by atoms with E-state index in [0.717, 1.165) is 19.0 Å². The van der Waals surface area contributed by atoms with Crippen LogP contribution < -0.4 is 10.0 Å². The van der Waals surface area contributed by atoms with Crippen LogP contribution in [0, 0.1) is 10.1 Å². The fourth-order valence-electron chi connectivity index (χ4n) is 1.96. The van der Waals surface area contributed by atoms with Crippen molar-refractivity contribution in [1.82, 2.24) is 10.0 Å². The molecule has 1 atom stereocenters. The maximum Gasteiger partial charge on any atom is 0.273 e. The Hall–Kier alpha value is -1.51. The minimum Gasteiger partial charge on any atom is -0.314 e. The molecule has 0 amide bonds. The second-order valence-electron chi connectivity index (χ2n) is 4.81. The van der Waals surface area contributed by atoms with E-state index in [1.165, 1.54) is 19.2 Å². The van der Waals surface area contributed by atoms with Crippen molar-refractivity contribution in [3.05, 3.63) is 33.9 Å². The highest BCUT2D eigenvalue weighted by Gasteiger charge is 2.21. The number of nitrogens with zero attached hydrogens (tertiary/aromatic N) is 1. The third-order valence-electron chi connectivity index (χ3n) is 3.10. The maximum atomic E-state index is 11.7. The van der Waals surface area contributed by atoms with Gasteiger partial charge in [-0.05, 0) is 39.4 Å². The Balaban J connectivity index is 3.09. The van der Waals surface area contributed by atoms with E-state index in [2.05, 4.69) is 10.0 Å². The van der Waals surface area contributed by atoms with Crippen LogP contribution in [0.15, 0.2) is 23.1 Å². The van der Waals surface area contributed by atoms with Crippen LogP contribution in [-0.4, -0.2) is 33.0 Å². The minimum absolute atomic E-state index is 0.0791. The van der Waals surface area contributed by atoms with Crippen LogP contribution in [0.5, 0.6) is 0 Å². The Bertz CT molecular complexity index is 601. The van der Waals surface area contributed by atoms with Gasteiger partial charge < -0.3 is 5.32 Å². The molecule has 0 aliphatic heterocycles. The van der Waals surface area contributed by atoms with E-state index in [1.54, 1.807) is 0 Å². The summed E-state index contributed by atoms with van der Waals surface area (Å²) in [6.07, 6.45) is 1.45. The molecule has 0 radical (unpaired) electrons. The van der Waals surface area contributed by atoms with Gasteiger partial charge in [-0.15, -0.1) is 0 Å². The summed E-state index contributed by atoms with van der Waals surface area (Å²) < 4.78 is 25.6. The molecule has 1 aromatic rings. The number of hydrogen-bond acceptors (Lipinski definition) is 5. The third kappa shape index (κ3) is 4.76. The highest BCUT2D eigenvalue weighted by atomic mass is 32.2. The van der Waals surface area contributed by atoms with Gasteiger partial charge in [0.1, 0.15) is 0 Å². The summed E-state index contributed by atoms with van der Waals surface area (Å²) in [6.45, 7) is 4.82. The van der Waals surface area contributed by atoms with Gasteiger partial charge in [-0.1, -0.05) is 13.0 Å². The van der Waals surface area contributed by atoms with Crippen LogP contribution in [-0.2, 0) is 16.4 Å². The van der Waals surface area contributed by atoms with Crippen molar-refractivity contribution in [3.63, 3.8) is 0 Å². The predicted octanol–water partition coefficient (Wildman–Crippen LogP) is 1.43. The van der Waals surface area contributed by atoms with Gasteiger partial charge >= 0.3 is 0 Å². The van der Waals surface area contributed by atoms with Gasteiger partial charge in [0.05, 0.1) is 9.82 Å². The second kappa shape index (κ2) is 7.48. The highest BCUT2D eigenvalue weighted by Crippen LogP contribution is 2.24. The lowest BCUT2D eigenvalue weighted by molar-refractivity contribution is -0.385. The number of nitro benzene ring substituents is 1. The zero-order chi connectivity index (χ0) is 16.0. The van der Waals surface area contributed by atoms with Gasteiger partial charge in [0.15, 0.2) is 0 Å². The first kappa shape index (κ1) is 17.5. The van der Waals surface area contributed by atoms with E-state index in [0.29, 0.717) is 12.0 Å². The van der Waals surface area contributed by atoms with Crippen molar-refractivity contribution in [2.45, 2.75) is 37.6 Å². The van der Waals surface area contributed by atoms with Crippen LogP contribution in [0.1, 0.15) is 25.8 Å². The number of nitro groups is 1. The molecular formula is C13H21N3O4S. The summed E-state index contributed by atoms with van der Waals surface area (Å²) in [5.74, 6) is 0. The summed E-state index contributed by atoms with van der Waals surface area (Å²) >= 11 is 0. The van der Waals surface area contributed by atoms with Crippen molar-refractivity contribution in [2.24, 2.45) is 0 Å². The Morgan fingerprint density at radius 2 is 2.05 bits per heavy atom. The summed E-state index contributed by atoms with van der Waals surface area (Å²) in [7, 11) is -2.41. The number of benzene rings is 1. The topological polar surface area (TPSA) is 101 Å². The van der Waals surface area contributed by atoms with Crippen LogP contribution in [0.25, 0.3) is 0 Å². The molecule has 2 N–H and O–H groups in total. The summed E-state index contributed by atoms with van der Waals surface area (Å²) in [5, 5.41) is 14.4. The Morgan fingerprint density at radius 3 is 2.57 bits per heavy atom. The number of rotatable bonds is 8. The molecule has 0 aliphatic carbocycles. The molecule has 0 saturated heterocycles. The fraction of sp³-hybridized carbons (Fsp3) is 0.538. The molecule has 8 heteroatoms. The minimum atomic E-state index is -3.68. The van der Waals surface area contributed by atoms with Gasteiger partial charge in [0, 0.05) is 17.7 Å². The number of hydrogen-bond donors (Lipinski definition) is 2. The van der Waals surface area contributed by atoms with Crippen LogP contribution >= 0.6 is 0 Å². The average molecular weight is 315 g/mol. The second-order valence-corrected chi connectivity index (χ2v) is 6.70. The molecule has 1 rings (SSSR count). The van der Waals surface area contributed by atoms with E-state index in [-0.39, 0.29) is 16.6 Å². The Morgan fingerprint density at radius 1 is 1.38 bits per heavy atom. The lowest BCUT2D eigenvalue weighted by Gasteiger charge is -2.13. The molecule has 1 unspecified atom stereocenters. The predicted molar refractivity (Wildman–Crippen MR) is 80.8 cm³/mol. The molecule has 0 aliphatic rings. The Kier molecular flexibility index (Phi) is 6.25. The van der Waals surface area contributed by atoms with Crippen molar-refractivity contribution in [2.75, 3.05) is 13.6 Å². The van der Waals surface area contributed by atoms with E-state index in [9.17, 15) is 18.5 Å². The van der Waals surface area contributed by atoms with Gasteiger partial charge in [-0.3, -0.25) is 10.1 Å². The molecule has 0 saturated carbocycles. The zero-order valence-electron chi connectivity index (χ0n) is 12.4. The molecular weight excluding hydrogens is 294 g/mol. The van der Waals surface area contributed by atoms with Crippen LogP contribution in [0.2, 0.25) is 0 Å². The van der Waals surface area contributed by atoms with E-state index in [4.69, 9.17) is 0 Å². The average Bonchev–Trinajstić information content (AvgIpc) is 2.45. The molecule has 0 fully saturated rings. The van der Waals surface area contributed by atoms with Crippen LogP contribution in [0.4, 0.5) is 5.69 Å². The first-order valence-corrected chi connectivity index (χ1v) is 8.24. The molecule has 0 heterocycles. The molecule has 0 bridgehead atoms. The standard InChI is InChI=1S/C13H21N3O4S/c1-4-7-15-10(2)8-11-5-6-12(21(19,20)14-3)9-13(11)16(17)18/h5-6,9-10,14-15H,4,7-8H2,1-3H3.